The molecule has 1 aromatic carbocycles. The van der Waals surface area contributed by atoms with Crippen LogP contribution < -0.4 is 11.1 Å². The Bertz CT molecular complexity index is 1070. The molecule has 3 heterocycles. The number of rotatable bonds is 9. The first-order chi connectivity index (χ1) is 16.1. The van der Waals surface area contributed by atoms with Gasteiger partial charge in [-0.05, 0) is 61.0 Å². The summed E-state index contributed by atoms with van der Waals surface area (Å²) in [5.74, 6) is -0.762. The van der Waals surface area contributed by atoms with Crippen molar-refractivity contribution >= 4 is 38.3 Å². The number of ether oxygens (including phenoxy) is 1. The predicted molar refractivity (Wildman–Crippen MR) is 131 cm³/mol. The second kappa shape index (κ2) is 10.9. The fourth-order valence-electron chi connectivity index (χ4n) is 4.29. The highest BCUT2D eigenvalue weighted by Crippen LogP contribution is 2.30. The van der Waals surface area contributed by atoms with Gasteiger partial charge in [-0.1, -0.05) is 31.2 Å². The zero-order valence-corrected chi connectivity index (χ0v) is 19.6. The van der Waals surface area contributed by atoms with Gasteiger partial charge in [-0.3, -0.25) is 19.5 Å². The van der Waals surface area contributed by atoms with Crippen LogP contribution in [-0.2, 0) is 20.9 Å². The fourth-order valence-corrected chi connectivity index (χ4v) is 5.23. The van der Waals surface area contributed by atoms with Gasteiger partial charge < -0.3 is 15.8 Å². The molecule has 0 spiro atoms. The van der Waals surface area contributed by atoms with Gasteiger partial charge >= 0.3 is 5.97 Å². The van der Waals surface area contributed by atoms with Gasteiger partial charge in [0.25, 0.3) is 0 Å². The van der Waals surface area contributed by atoms with Crippen molar-refractivity contribution in [3.05, 3.63) is 59.9 Å². The number of nitrogens with two attached hydrogens (primary N) is 1. The average molecular weight is 467 g/mol. The molecular weight excluding hydrogens is 436 g/mol. The summed E-state index contributed by atoms with van der Waals surface area (Å²) in [6.07, 6.45) is 6.45. The number of hydrogen-bond acceptors (Lipinski definition) is 7. The molecule has 7 nitrogen and oxygen atoms in total. The van der Waals surface area contributed by atoms with Gasteiger partial charge in [0.2, 0.25) is 5.91 Å². The third-order valence-electron chi connectivity index (χ3n) is 6.03. The molecule has 0 unspecified atom stereocenters. The van der Waals surface area contributed by atoms with Gasteiger partial charge in [0, 0.05) is 18.9 Å². The molecule has 1 aliphatic heterocycles. The zero-order valence-electron chi connectivity index (χ0n) is 18.8. The van der Waals surface area contributed by atoms with Crippen LogP contribution in [-0.4, -0.2) is 47.4 Å². The lowest BCUT2D eigenvalue weighted by atomic mass is 9.97. The van der Waals surface area contributed by atoms with Gasteiger partial charge in [-0.2, -0.15) is 0 Å². The molecule has 1 fully saturated rings. The van der Waals surface area contributed by atoms with E-state index in [1.807, 2.05) is 36.4 Å². The number of anilines is 1. The predicted octanol–water partition coefficient (Wildman–Crippen LogP) is 3.89. The Labute approximate surface area is 197 Å². The van der Waals surface area contributed by atoms with Gasteiger partial charge in [0.1, 0.15) is 12.6 Å². The molecule has 8 heteroatoms. The van der Waals surface area contributed by atoms with E-state index in [4.69, 9.17) is 10.5 Å². The number of thiophene rings is 1. The maximum Gasteiger partial charge on any atom is 0.323 e. The number of benzene rings is 1. The molecule has 1 amide bonds. The van der Waals surface area contributed by atoms with Crippen molar-refractivity contribution in [2.24, 2.45) is 5.73 Å². The first-order valence-corrected chi connectivity index (χ1v) is 12.2. The maximum absolute atomic E-state index is 12.9. The Kier molecular flexibility index (Phi) is 7.69. The zero-order chi connectivity index (χ0) is 23.2. The summed E-state index contributed by atoms with van der Waals surface area (Å²) in [4.78, 5) is 31.7. The van der Waals surface area contributed by atoms with E-state index in [9.17, 15) is 9.59 Å². The number of carbonyl (C=O) groups excluding carboxylic acids is 2. The molecule has 2 atom stereocenters. The first kappa shape index (κ1) is 23.4. The highest BCUT2D eigenvalue weighted by atomic mass is 32.1. The minimum atomic E-state index is -0.467. The lowest BCUT2D eigenvalue weighted by Crippen LogP contribution is -2.37. The van der Waals surface area contributed by atoms with Crippen LogP contribution >= 0.6 is 11.3 Å². The summed E-state index contributed by atoms with van der Waals surface area (Å²) in [6, 6.07) is 11.3. The van der Waals surface area contributed by atoms with Crippen molar-refractivity contribution < 1.29 is 14.3 Å². The third kappa shape index (κ3) is 5.58. The van der Waals surface area contributed by atoms with Crippen molar-refractivity contribution in [2.45, 2.75) is 44.8 Å². The Balaban J connectivity index is 1.34. The molecule has 0 radical (unpaired) electrons. The Hall–Kier alpha value is -2.81. The second-order valence-electron chi connectivity index (χ2n) is 8.34. The van der Waals surface area contributed by atoms with E-state index < -0.39 is 5.92 Å². The van der Waals surface area contributed by atoms with Crippen LogP contribution in [0, 0.1) is 0 Å². The van der Waals surface area contributed by atoms with E-state index in [-0.39, 0.29) is 31.1 Å². The number of hydrogen-bond donors (Lipinski definition) is 2. The number of nitrogens with one attached hydrogen (secondary N) is 1. The minimum absolute atomic E-state index is 0.126. The van der Waals surface area contributed by atoms with Crippen molar-refractivity contribution in [2.75, 3.05) is 25.0 Å². The van der Waals surface area contributed by atoms with E-state index in [0.29, 0.717) is 0 Å². The quantitative estimate of drug-likeness (QED) is 0.464. The van der Waals surface area contributed by atoms with E-state index in [1.54, 1.807) is 12.4 Å². The number of esters is 1. The summed E-state index contributed by atoms with van der Waals surface area (Å²) < 4.78 is 6.60. The average Bonchev–Trinajstić information content (AvgIpc) is 3.45. The lowest BCUT2D eigenvalue weighted by molar-refractivity contribution is -0.150. The number of pyridine rings is 1. The van der Waals surface area contributed by atoms with Crippen LogP contribution in [0.3, 0.4) is 0 Å². The number of aromatic nitrogens is 1. The molecule has 3 N–H and O–H groups in total. The summed E-state index contributed by atoms with van der Waals surface area (Å²) in [5, 5.41) is 4.80. The Morgan fingerprint density at radius 1 is 1.30 bits per heavy atom. The van der Waals surface area contributed by atoms with Crippen molar-refractivity contribution in [1.29, 1.82) is 0 Å². The van der Waals surface area contributed by atoms with Crippen LogP contribution in [0.15, 0.2) is 48.8 Å². The largest absolute Gasteiger partial charge is 0.460 e. The fraction of sp³-hybridized carbons (Fsp3) is 0.400. The Morgan fingerprint density at radius 2 is 2.12 bits per heavy atom. The molecule has 33 heavy (non-hydrogen) atoms. The van der Waals surface area contributed by atoms with Gasteiger partial charge in [0.15, 0.2) is 0 Å². The molecule has 1 aliphatic rings. The summed E-state index contributed by atoms with van der Waals surface area (Å²) in [5.41, 5.74) is 7.66. The van der Waals surface area contributed by atoms with Crippen LogP contribution in [0.25, 0.3) is 10.1 Å². The minimum Gasteiger partial charge on any atom is -0.460 e. The maximum atomic E-state index is 12.9. The number of nitrogens with zero attached hydrogens (tertiary/aromatic N) is 2. The van der Waals surface area contributed by atoms with Crippen LogP contribution in [0.4, 0.5) is 5.00 Å². The normalized spacial score (nSPS) is 17.2. The van der Waals surface area contributed by atoms with E-state index in [2.05, 4.69) is 22.1 Å². The van der Waals surface area contributed by atoms with E-state index in [1.165, 1.54) is 11.3 Å². The SMILES string of the molecule is CCCN1CCC[C@H]1C(=O)OCc1ccc([C@@H](CN)C(=O)Nc2cc3ccncc3s2)cc1. The molecule has 0 aliphatic carbocycles. The molecule has 3 aromatic rings. The van der Waals surface area contributed by atoms with Gasteiger partial charge in [-0.15, -0.1) is 11.3 Å². The molecule has 174 valence electrons. The topological polar surface area (TPSA) is 97.5 Å². The van der Waals surface area contributed by atoms with Crippen molar-refractivity contribution in [1.82, 2.24) is 9.88 Å². The van der Waals surface area contributed by atoms with E-state index >= 15 is 0 Å². The van der Waals surface area contributed by atoms with Crippen LogP contribution in [0.5, 0.6) is 0 Å². The highest BCUT2D eigenvalue weighted by Gasteiger charge is 2.31. The number of likely N-dealkylation sites (tertiary alicyclic amines) is 1. The number of amides is 1. The first-order valence-electron chi connectivity index (χ1n) is 11.4. The summed E-state index contributed by atoms with van der Waals surface area (Å²) >= 11 is 1.49. The Morgan fingerprint density at radius 3 is 2.85 bits per heavy atom. The molecule has 1 saturated heterocycles. The standard InChI is InChI=1S/C25H30N4O3S/c1-2-11-29-12-3-4-21(29)25(31)32-16-17-5-7-18(8-6-17)20(14-26)24(30)28-23-13-19-9-10-27-15-22(19)33-23/h5-10,13,15,20-21H,2-4,11-12,14,16,26H2,1H3,(H,28,30)/t20-,21+/m1/s1. The lowest BCUT2D eigenvalue weighted by Gasteiger charge is -2.22. The summed E-state index contributed by atoms with van der Waals surface area (Å²) in [6.45, 7) is 4.43. The second-order valence-corrected chi connectivity index (χ2v) is 9.43. The van der Waals surface area contributed by atoms with Crippen molar-refractivity contribution in [3.8, 4) is 0 Å². The molecule has 0 bridgehead atoms. The smallest absolute Gasteiger partial charge is 0.323 e. The monoisotopic (exact) mass is 466 g/mol. The third-order valence-corrected chi connectivity index (χ3v) is 7.03. The van der Waals surface area contributed by atoms with Crippen LogP contribution in [0.1, 0.15) is 43.2 Å². The molecule has 4 rings (SSSR count). The van der Waals surface area contributed by atoms with Gasteiger partial charge in [-0.25, -0.2) is 0 Å². The van der Waals surface area contributed by atoms with E-state index in [0.717, 1.165) is 58.6 Å². The van der Waals surface area contributed by atoms with Gasteiger partial charge in [0.05, 0.1) is 15.6 Å². The van der Waals surface area contributed by atoms with Crippen molar-refractivity contribution in [3.63, 3.8) is 0 Å². The van der Waals surface area contributed by atoms with Crippen LogP contribution in [0.2, 0.25) is 0 Å². The molecule has 2 aromatic heterocycles. The molecular formula is C25H30N4O3S. The number of carbonyl (C=O) groups is 2. The number of fused-ring (bicyclic) bond motifs is 1. The summed E-state index contributed by atoms with van der Waals surface area (Å²) in [7, 11) is 0. The highest BCUT2D eigenvalue weighted by molar-refractivity contribution is 7.22. The molecule has 0 saturated carbocycles.